The molecule has 0 amide bonds. The minimum Gasteiger partial charge on any atom is -0.313 e. The molecule has 2 heteroatoms. The lowest BCUT2D eigenvalue weighted by molar-refractivity contribution is 0.122. The first-order valence-corrected chi connectivity index (χ1v) is 7.56. The number of nitrogens with one attached hydrogen (secondary N) is 1. The van der Waals surface area contributed by atoms with Gasteiger partial charge in [0.25, 0.3) is 0 Å². The number of hydrogen-bond donors (Lipinski definition) is 1. The molecule has 3 atom stereocenters. The summed E-state index contributed by atoms with van der Waals surface area (Å²) in [7, 11) is 2.24. The monoisotopic (exact) mass is 260 g/mol. The van der Waals surface area contributed by atoms with Gasteiger partial charge in [0.05, 0.1) is 0 Å². The highest BCUT2D eigenvalue weighted by Crippen LogP contribution is 2.20. The fourth-order valence-electron chi connectivity index (χ4n) is 3.11. The summed E-state index contributed by atoms with van der Waals surface area (Å²) in [5.41, 5.74) is 2.89. The predicted octanol–water partition coefficient (Wildman–Crippen LogP) is 2.86. The van der Waals surface area contributed by atoms with Crippen LogP contribution in [0.25, 0.3) is 0 Å². The van der Waals surface area contributed by atoms with Gasteiger partial charge in [0.1, 0.15) is 0 Å². The lowest BCUT2D eigenvalue weighted by atomic mass is 9.89. The molecular formula is C17H28N2. The van der Waals surface area contributed by atoms with Crippen LogP contribution in [0.4, 0.5) is 0 Å². The van der Waals surface area contributed by atoms with E-state index in [1.54, 1.807) is 0 Å². The summed E-state index contributed by atoms with van der Waals surface area (Å²) in [6.45, 7) is 9.21. The Kier molecular flexibility index (Phi) is 5.00. The molecule has 1 aliphatic heterocycles. The van der Waals surface area contributed by atoms with Crippen LogP contribution in [0.15, 0.2) is 24.3 Å². The molecule has 1 heterocycles. The minimum atomic E-state index is 0.676. The number of benzene rings is 1. The first-order chi connectivity index (χ1) is 9.08. The van der Waals surface area contributed by atoms with Crippen molar-refractivity contribution in [3.05, 3.63) is 35.4 Å². The van der Waals surface area contributed by atoms with E-state index in [4.69, 9.17) is 0 Å². The van der Waals surface area contributed by atoms with Crippen molar-refractivity contribution in [3.8, 4) is 0 Å². The van der Waals surface area contributed by atoms with Gasteiger partial charge in [0, 0.05) is 18.6 Å². The van der Waals surface area contributed by atoms with Crippen molar-refractivity contribution in [1.29, 1.82) is 0 Å². The van der Waals surface area contributed by atoms with Gasteiger partial charge in [0.2, 0.25) is 0 Å². The second-order valence-corrected chi connectivity index (χ2v) is 6.24. The third-order valence-electron chi connectivity index (χ3n) is 4.67. The number of hydrogen-bond acceptors (Lipinski definition) is 2. The molecule has 1 N–H and O–H groups in total. The van der Waals surface area contributed by atoms with E-state index in [9.17, 15) is 0 Å². The molecule has 1 saturated heterocycles. The Balaban J connectivity index is 1.81. The number of aryl methyl sites for hydroxylation is 1. The van der Waals surface area contributed by atoms with E-state index < -0.39 is 0 Å². The molecule has 1 fully saturated rings. The van der Waals surface area contributed by atoms with E-state index in [0.29, 0.717) is 12.1 Å². The Hall–Kier alpha value is -0.860. The van der Waals surface area contributed by atoms with Gasteiger partial charge in [-0.25, -0.2) is 0 Å². The summed E-state index contributed by atoms with van der Waals surface area (Å²) in [6, 6.07) is 10.1. The van der Waals surface area contributed by atoms with Crippen LogP contribution in [-0.4, -0.2) is 37.1 Å². The summed E-state index contributed by atoms with van der Waals surface area (Å²) in [5.74, 6) is 0.748. The van der Waals surface area contributed by atoms with Crippen LogP contribution >= 0.6 is 0 Å². The summed E-state index contributed by atoms with van der Waals surface area (Å²) in [4.78, 5) is 2.48. The molecule has 2 nitrogen and oxygen atoms in total. The Bertz CT molecular complexity index is 402. The minimum absolute atomic E-state index is 0.676. The van der Waals surface area contributed by atoms with Gasteiger partial charge in [-0.05, 0) is 57.3 Å². The van der Waals surface area contributed by atoms with Crippen LogP contribution in [0.3, 0.4) is 0 Å². The first kappa shape index (κ1) is 14.5. The molecule has 106 valence electrons. The number of nitrogens with zero attached hydrogens (tertiary/aromatic N) is 1. The zero-order valence-corrected chi connectivity index (χ0v) is 12.8. The zero-order valence-electron chi connectivity index (χ0n) is 12.8. The van der Waals surface area contributed by atoms with E-state index in [1.807, 2.05) is 0 Å². The van der Waals surface area contributed by atoms with Crippen molar-refractivity contribution in [2.24, 2.45) is 5.92 Å². The van der Waals surface area contributed by atoms with E-state index in [2.05, 4.69) is 62.3 Å². The average molecular weight is 260 g/mol. The maximum Gasteiger partial charge on any atom is 0.0120 e. The average Bonchev–Trinajstić information content (AvgIpc) is 2.38. The van der Waals surface area contributed by atoms with E-state index >= 15 is 0 Å². The van der Waals surface area contributed by atoms with Gasteiger partial charge in [-0.2, -0.15) is 0 Å². The molecule has 0 radical (unpaired) electrons. The van der Waals surface area contributed by atoms with Gasteiger partial charge in [0.15, 0.2) is 0 Å². The smallest absolute Gasteiger partial charge is 0.0120 e. The molecule has 0 saturated carbocycles. The maximum absolute atomic E-state index is 3.77. The van der Waals surface area contributed by atoms with Crippen molar-refractivity contribution in [2.75, 3.05) is 20.1 Å². The first-order valence-electron chi connectivity index (χ1n) is 7.56. The normalized spacial score (nSPS) is 28.5. The van der Waals surface area contributed by atoms with E-state index in [0.717, 1.165) is 18.9 Å². The molecule has 0 bridgehead atoms. The maximum atomic E-state index is 3.77. The highest BCUT2D eigenvalue weighted by molar-refractivity contribution is 5.25. The Morgan fingerprint density at radius 1 is 1.26 bits per heavy atom. The van der Waals surface area contributed by atoms with Crippen LogP contribution in [0.2, 0.25) is 0 Å². The Labute approximate surface area is 118 Å². The SMILES string of the molecule is Cc1ccccc1CCNC1CC(C)N(C)CC1C. The largest absolute Gasteiger partial charge is 0.313 e. The van der Waals surface area contributed by atoms with Crippen molar-refractivity contribution in [1.82, 2.24) is 10.2 Å². The van der Waals surface area contributed by atoms with Gasteiger partial charge in [-0.1, -0.05) is 31.2 Å². The summed E-state index contributed by atoms with van der Waals surface area (Å²) in [5, 5.41) is 3.77. The standard InChI is InChI=1S/C17H28N2/c1-13-7-5-6-8-16(13)9-10-18-17-11-15(3)19(4)12-14(17)2/h5-8,14-15,17-18H,9-12H2,1-4H3. The summed E-state index contributed by atoms with van der Waals surface area (Å²) >= 11 is 0. The molecule has 1 aromatic carbocycles. The molecule has 1 aromatic rings. The molecular weight excluding hydrogens is 232 g/mol. The quantitative estimate of drug-likeness (QED) is 0.895. The van der Waals surface area contributed by atoms with Crippen molar-refractivity contribution >= 4 is 0 Å². The number of likely N-dealkylation sites (tertiary alicyclic amines) is 1. The topological polar surface area (TPSA) is 15.3 Å². The van der Waals surface area contributed by atoms with Gasteiger partial charge >= 0.3 is 0 Å². The molecule has 0 spiro atoms. The Morgan fingerprint density at radius 2 is 2.00 bits per heavy atom. The summed E-state index contributed by atoms with van der Waals surface area (Å²) < 4.78 is 0. The van der Waals surface area contributed by atoms with Gasteiger partial charge in [-0.15, -0.1) is 0 Å². The second kappa shape index (κ2) is 6.53. The third kappa shape index (κ3) is 3.80. The van der Waals surface area contributed by atoms with Gasteiger partial charge < -0.3 is 10.2 Å². The highest BCUT2D eigenvalue weighted by atomic mass is 15.2. The van der Waals surface area contributed by atoms with Crippen molar-refractivity contribution < 1.29 is 0 Å². The third-order valence-corrected chi connectivity index (χ3v) is 4.67. The van der Waals surface area contributed by atoms with Crippen LogP contribution in [-0.2, 0) is 6.42 Å². The fourth-order valence-corrected chi connectivity index (χ4v) is 3.11. The van der Waals surface area contributed by atoms with E-state index in [1.165, 1.54) is 24.1 Å². The summed E-state index contributed by atoms with van der Waals surface area (Å²) in [6.07, 6.45) is 2.41. The molecule has 0 aliphatic carbocycles. The lowest BCUT2D eigenvalue weighted by Gasteiger charge is -2.40. The van der Waals surface area contributed by atoms with Crippen molar-refractivity contribution in [3.63, 3.8) is 0 Å². The van der Waals surface area contributed by atoms with Gasteiger partial charge in [-0.3, -0.25) is 0 Å². The van der Waals surface area contributed by atoms with Crippen LogP contribution < -0.4 is 5.32 Å². The zero-order chi connectivity index (χ0) is 13.8. The van der Waals surface area contributed by atoms with Crippen LogP contribution in [0.5, 0.6) is 0 Å². The lowest BCUT2D eigenvalue weighted by Crippen LogP contribution is -2.51. The van der Waals surface area contributed by atoms with Crippen molar-refractivity contribution in [2.45, 2.75) is 45.7 Å². The molecule has 19 heavy (non-hydrogen) atoms. The van der Waals surface area contributed by atoms with Crippen LogP contribution in [0, 0.1) is 12.8 Å². The Morgan fingerprint density at radius 3 is 2.74 bits per heavy atom. The number of piperidine rings is 1. The molecule has 1 aliphatic rings. The van der Waals surface area contributed by atoms with Crippen LogP contribution in [0.1, 0.15) is 31.4 Å². The fraction of sp³-hybridized carbons (Fsp3) is 0.647. The van der Waals surface area contributed by atoms with E-state index in [-0.39, 0.29) is 0 Å². The molecule has 0 aromatic heterocycles. The molecule has 2 rings (SSSR count). The molecule has 3 unspecified atom stereocenters. The second-order valence-electron chi connectivity index (χ2n) is 6.24. The highest BCUT2D eigenvalue weighted by Gasteiger charge is 2.28. The predicted molar refractivity (Wildman–Crippen MR) is 82.5 cm³/mol. The number of rotatable bonds is 4.